The predicted molar refractivity (Wildman–Crippen MR) is 82.7 cm³/mol. The molecule has 0 radical (unpaired) electrons. The van der Waals surface area contributed by atoms with Gasteiger partial charge in [-0.3, -0.25) is 4.79 Å². The number of nitrogens with zero attached hydrogens (tertiary/aromatic N) is 3. The lowest BCUT2D eigenvalue weighted by Crippen LogP contribution is -2.28. The Kier molecular flexibility index (Phi) is 4.04. The van der Waals surface area contributed by atoms with Gasteiger partial charge in [0.1, 0.15) is 0 Å². The lowest BCUT2D eigenvalue weighted by molar-refractivity contribution is 0.0791. The molecule has 110 valence electrons. The molecule has 0 saturated carbocycles. The van der Waals surface area contributed by atoms with Gasteiger partial charge >= 0.3 is 0 Å². The van der Waals surface area contributed by atoms with Gasteiger partial charge in [0.05, 0.1) is 23.1 Å². The third-order valence-corrected chi connectivity index (χ3v) is 3.98. The first kappa shape index (κ1) is 13.9. The van der Waals surface area contributed by atoms with Gasteiger partial charge in [-0.2, -0.15) is 5.10 Å². The van der Waals surface area contributed by atoms with Crippen molar-refractivity contribution in [2.45, 2.75) is 32.6 Å². The number of carbonyl (C=O) groups excluding carboxylic acids is 1. The molecule has 3 rings (SSSR count). The van der Waals surface area contributed by atoms with Crippen molar-refractivity contribution in [1.82, 2.24) is 14.7 Å². The van der Waals surface area contributed by atoms with E-state index in [1.165, 1.54) is 0 Å². The molecule has 1 amide bonds. The van der Waals surface area contributed by atoms with E-state index in [2.05, 4.69) is 12.0 Å². The summed E-state index contributed by atoms with van der Waals surface area (Å²) in [6.07, 6.45) is 5.82. The van der Waals surface area contributed by atoms with Crippen LogP contribution in [-0.4, -0.2) is 33.7 Å². The first-order valence-corrected chi connectivity index (χ1v) is 7.73. The molecule has 0 atom stereocenters. The van der Waals surface area contributed by atoms with Crippen molar-refractivity contribution in [1.29, 1.82) is 0 Å². The summed E-state index contributed by atoms with van der Waals surface area (Å²) in [7, 11) is 0. The Bertz CT molecular complexity index is 612. The van der Waals surface area contributed by atoms with E-state index in [0.717, 1.165) is 55.7 Å². The van der Waals surface area contributed by atoms with E-state index < -0.39 is 0 Å². The highest BCUT2D eigenvalue weighted by atomic mass is 16.2. The molecule has 2 aromatic rings. The molecule has 0 spiro atoms. The highest BCUT2D eigenvalue weighted by Crippen LogP contribution is 2.20. The number of hydrogen-bond acceptors (Lipinski definition) is 2. The fourth-order valence-electron chi connectivity index (χ4n) is 2.91. The third kappa shape index (κ3) is 2.71. The average molecular weight is 283 g/mol. The third-order valence-electron chi connectivity index (χ3n) is 3.98. The summed E-state index contributed by atoms with van der Waals surface area (Å²) in [6, 6.07) is 10.0. The van der Waals surface area contributed by atoms with Gasteiger partial charge in [-0.1, -0.05) is 31.5 Å². The van der Waals surface area contributed by atoms with Crippen LogP contribution in [0.3, 0.4) is 0 Å². The Morgan fingerprint density at radius 2 is 1.90 bits per heavy atom. The van der Waals surface area contributed by atoms with E-state index in [4.69, 9.17) is 0 Å². The van der Waals surface area contributed by atoms with Crippen molar-refractivity contribution in [3.8, 4) is 5.69 Å². The first-order chi connectivity index (χ1) is 10.3. The molecule has 0 aliphatic carbocycles. The summed E-state index contributed by atoms with van der Waals surface area (Å²) in [5.41, 5.74) is 2.81. The molecule has 4 nitrogen and oxygen atoms in total. The van der Waals surface area contributed by atoms with Crippen molar-refractivity contribution < 1.29 is 4.79 Å². The standard InChI is InChI=1S/C17H21N3O/c1-2-8-16-15(17(21)19-11-6-7-12-19)13-18-20(16)14-9-4-3-5-10-14/h3-5,9-10,13H,2,6-8,11-12H2,1H3. The number of para-hydroxylation sites is 1. The van der Waals surface area contributed by atoms with Crippen LogP contribution in [0.4, 0.5) is 0 Å². The number of benzene rings is 1. The maximum atomic E-state index is 12.7. The van der Waals surface area contributed by atoms with E-state index in [-0.39, 0.29) is 5.91 Å². The molecule has 1 fully saturated rings. The first-order valence-electron chi connectivity index (χ1n) is 7.73. The van der Waals surface area contributed by atoms with E-state index in [9.17, 15) is 4.79 Å². The SMILES string of the molecule is CCCc1c(C(=O)N2CCCC2)cnn1-c1ccccc1. The molecule has 21 heavy (non-hydrogen) atoms. The van der Waals surface area contributed by atoms with Crippen molar-refractivity contribution in [3.05, 3.63) is 47.8 Å². The van der Waals surface area contributed by atoms with Gasteiger partial charge < -0.3 is 4.90 Å². The molecule has 1 aliphatic heterocycles. The van der Waals surface area contributed by atoms with Crippen LogP contribution in [-0.2, 0) is 6.42 Å². The molecule has 1 aromatic carbocycles. The Labute approximate surface area is 125 Å². The Morgan fingerprint density at radius 3 is 2.57 bits per heavy atom. The van der Waals surface area contributed by atoms with Crippen molar-refractivity contribution in [2.75, 3.05) is 13.1 Å². The molecule has 1 saturated heterocycles. The zero-order chi connectivity index (χ0) is 14.7. The van der Waals surface area contributed by atoms with Crippen LogP contribution in [0.25, 0.3) is 5.69 Å². The summed E-state index contributed by atoms with van der Waals surface area (Å²) in [6.45, 7) is 3.88. The van der Waals surface area contributed by atoms with Crippen LogP contribution in [0.2, 0.25) is 0 Å². The molecular weight excluding hydrogens is 262 g/mol. The van der Waals surface area contributed by atoms with E-state index >= 15 is 0 Å². The van der Waals surface area contributed by atoms with E-state index in [1.54, 1.807) is 6.20 Å². The average Bonchev–Trinajstić information content (AvgIpc) is 3.18. The largest absolute Gasteiger partial charge is 0.339 e. The summed E-state index contributed by atoms with van der Waals surface area (Å²) < 4.78 is 1.91. The maximum absolute atomic E-state index is 12.7. The predicted octanol–water partition coefficient (Wildman–Crippen LogP) is 3.06. The van der Waals surface area contributed by atoms with Crippen molar-refractivity contribution in [3.63, 3.8) is 0 Å². The summed E-state index contributed by atoms with van der Waals surface area (Å²) in [5.74, 6) is 0.137. The van der Waals surface area contributed by atoms with Crippen LogP contribution in [0, 0.1) is 0 Å². The van der Waals surface area contributed by atoms with Gasteiger partial charge in [0.15, 0.2) is 0 Å². The minimum atomic E-state index is 0.137. The van der Waals surface area contributed by atoms with Crippen molar-refractivity contribution >= 4 is 5.91 Å². The zero-order valence-electron chi connectivity index (χ0n) is 12.5. The molecule has 4 heteroatoms. The summed E-state index contributed by atoms with van der Waals surface area (Å²) in [5, 5.41) is 4.47. The second-order valence-corrected chi connectivity index (χ2v) is 5.50. The molecule has 1 aromatic heterocycles. The number of hydrogen-bond donors (Lipinski definition) is 0. The van der Waals surface area contributed by atoms with E-state index in [0.29, 0.717) is 0 Å². The van der Waals surface area contributed by atoms with Crippen LogP contribution in [0.15, 0.2) is 36.5 Å². The zero-order valence-corrected chi connectivity index (χ0v) is 12.5. The number of carbonyl (C=O) groups is 1. The molecular formula is C17H21N3O. The van der Waals surface area contributed by atoms with E-state index in [1.807, 2.05) is 39.9 Å². The highest BCUT2D eigenvalue weighted by molar-refractivity contribution is 5.95. The second kappa shape index (κ2) is 6.12. The van der Waals surface area contributed by atoms with Crippen LogP contribution in [0.1, 0.15) is 42.2 Å². The Balaban J connectivity index is 1.98. The fourth-order valence-corrected chi connectivity index (χ4v) is 2.91. The Hall–Kier alpha value is -2.10. The smallest absolute Gasteiger partial charge is 0.257 e. The van der Waals surface area contributed by atoms with Gasteiger partial charge in [0.2, 0.25) is 0 Å². The van der Waals surface area contributed by atoms with Gasteiger partial charge in [0.25, 0.3) is 5.91 Å². The summed E-state index contributed by atoms with van der Waals surface area (Å²) >= 11 is 0. The normalized spacial score (nSPS) is 14.6. The van der Waals surface area contributed by atoms with Gasteiger partial charge in [-0.15, -0.1) is 0 Å². The Morgan fingerprint density at radius 1 is 1.19 bits per heavy atom. The lowest BCUT2D eigenvalue weighted by atomic mass is 10.1. The van der Waals surface area contributed by atoms with Crippen LogP contribution < -0.4 is 0 Å². The number of amides is 1. The lowest BCUT2D eigenvalue weighted by Gasteiger charge is -2.15. The van der Waals surface area contributed by atoms with Crippen LogP contribution in [0.5, 0.6) is 0 Å². The minimum Gasteiger partial charge on any atom is -0.339 e. The maximum Gasteiger partial charge on any atom is 0.257 e. The summed E-state index contributed by atoms with van der Waals surface area (Å²) in [4.78, 5) is 14.6. The van der Waals surface area contributed by atoms with Crippen LogP contribution >= 0.6 is 0 Å². The topological polar surface area (TPSA) is 38.1 Å². The van der Waals surface area contributed by atoms with Gasteiger partial charge in [-0.05, 0) is 31.4 Å². The number of likely N-dealkylation sites (tertiary alicyclic amines) is 1. The number of aromatic nitrogens is 2. The minimum absolute atomic E-state index is 0.137. The van der Waals surface area contributed by atoms with Gasteiger partial charge in [-0.25, -0.2) is 4.68 Å². The fraction of sp³-hybridized carbons (Fsp3) is 0.412. The highest BCUT2D eigenvalue weighted by Gasteiger charge is 2.24. The number of rotatable bonds is 4. The second-order valence-electron chi connectivity index (χ2n) is 5.50. The van der Waals surface area contributed by atoms with Crippen molar-refractivity contribution in [2.24, 2.45) is 0 Å². The monoisotopic (exact) mass is 283 g/mol. The molecule has 0 unspecified atom stereocenters. The molecule has 2 heterocycles. The van der Waals surface area contributed by atoms with Gasteiger partial charge in [0, 0.05) is 13.1 Å². The molecule has 0 bridgehead atoms. The quantitative estimate of drug-likeness (QED) is 0.865. The molecule has 0 N–H and O–H groups in total. The molecule has 1 aliphatic rings.